The second-order valence-electron chi connectivity index (χ2n) is 5.93. The van der Waals surface area contributed by atoms with Crippen molar-refractivity contribution in [1.29, 1.82) is 0 Å². The molecule has 2 rings (SSSR count). The van der Waals surface area contributed by atoms with Crippen LogP contribution in [-0.2, 0) is 20.8 Å². The maximum absolute atomic E-state index is 12.4. The number of carbonyl (C=O) groups is 3. The Morgan fingerprint density at radius 1 is 1.04 bits per heavy atom. The van der Waals surface area contributed by atoms with Crippen LogP contribution in [0.5, 0.6) is 0 Å². The standard InChI is InChI=1S/C19H22ClN3O5/c1-5-27-18(25)13-7-14(19(26)28-6-2)9-15(8-13)21-16(24)10-23-12(4)17(20)11(3)22-23/h7-9H,5-6,10H2,1-4H3,(H,21,24). The second kappa shape index (κ2) is 9.36. The lowest BCUT2D eigenvalue weighted by molar-refractivity contribution is -0.116. The summed E-state index contributed by atoms with van der Waals surface area (Å²) in [5, 5.41) is 7.37. The molecule has 150 valence electrons. The first-order chi connectivity index (χ1) is 13.3. The van der Waals surface area contributed by atoms with Crippen LogP contribution in [0.3, 0.4) is 0 Å². The van der Waals surface area contributed by atoms with Crippen molar-refractivity contribution in [3.05, 3.63) is 45.7 Å². The predicted octanol–water partition coefficient (Wildman–Crippen LogP) is 3.15. The molecule has 1 aromatic carbocycles. The molecule has 1 amide bonds. The Labute approximate surface area is 167 Å². The van der Waals surface area contributed by atoms with Gasteiger partial charge < -0.3 is 14.8 Å². The Balaban J connectivity index is 2.26. The van der Waals surface area contributed by atoms with E-state index in [9.17, 15) is 14.4 Å². The fraction of sp³-hybridized carbons (Fsp3) is 0.368. The van der Waals surface area contributed by atoms with Crippen LogP contribution in [0.1, 0.15) is 46.0 Å². The Bertz CT molecular complexity index is 871. The fourth-order valence-electron chi connectivity index (χ4n) is 2.53. The van der Waals surface area contributed by atoms with Crippen LogP contribution in [0.4, 0.5) is 5.69 Å². The molecular weight excluding hydrogens is 386 g/mol. The van der Waals surface area contributed by atoms with E-state index in [2.05, 4.69) is 10.4 Å². The number of esters is 2. The summed E-state index contributed by atoms with van der Waals surface area (Å²) in [6, 6.07) is 4.24. The second-order valence-corrected chi connectivity index (χ2v) is 6.31. The van der Waals surface area contributed by atoms with Gasteiger partial charge in [0.05, 0.1) is 40.8 Å². The maximum atomic E-state index is 12.4. The minimum atomic E-state index is -0.602. The molecule has 0 aliphatic rings. The van der Waals surface area contributed by atoms with E-state index >= 15 is 0 Å². The summed E-state index contributed by atoms with van der Waals surface area (Å²) in [7, 11) is 0. The van der Waals surface area contributed by atoms with Gasteiger partial charge in [0, 0.05) is 5.69 Å². The number of aryl methyl sites for hydroxylation is 1. The topological polar surface area (TPSA) is 99.5 Å². The molecule has 0 unspecified atom stereocenters. The summed E-state index contributed by atoms with van der Waals surface area (Å²) in [5.74, 6) is -1.60. The number of ether oxygens (including phenoxy) is 2. The summed E-state index contributed by atoms with van der Waals surface area (Å²) < 4.78 is 11.4. The number of rotatable bonds is 7. The van der Waals surface area contributed by atoms with Crippen LogP contribution >= 0.6 is 11.6 Å². The third kappa shape index (κ3) is 5.10. The zero-order chi connectivity index (χ0) is 20.8. The molecule has 2 aromatic rings. The molecule has 0 atom stereocenters. The normalized spacial score (nSPS) is 10.5. The van der Waals surface area contributed by atoms with Gasteiger partial charge in [-0.3, -0.25) is 9.48 Å². The molecule has 28 heavy (non-hydrogen) atoms. The highest BCUT2D eigenvalue weighted by Crippen LogP contribution is 2.20. The van der Waals surface area contributed by atoms with Gasteiger partial charge in [0.2, 0.25) is 5.91 Å². The van der Waals surface area contributed by atoms with Gasteiger partial charge in [-0.05, 0) is 45.9 Å². The molecule has 0 aliphatic carbocycles. The van der Waals surface area contributed by atoms with E-state index in [-0.39, 0.29) is 36.6 Å². The van der Waals surface area contributed by atoms with E-state index in [4.69, 9.17) is 21.1 Å². The SMILES string of the molecule is CCOC(=O)c1cc(NC(=O)Cn2nc(C)c(Cl)c2C)cc(C(=O)OCC)c1. The van der Waals surface area contributed by atoms with Crippen molar-refractivity contribution in [1.82, 2.24) is 9.78 Å². The molecule has 9 heteroatoms. The molecule has 8 nitrogen and oxygen atoms in total. The first-order valence-corrected chi connectivity index (χ1v) is 9.13. The van der Waals surface area contributed by atoms with Crippen molar-refractivity contribution in [2.45, 2.75) is 34.2 Å². The van der Waals surface area contributed by atoms with E-state index in [0.29, 0.717) is 16.4 Å². The number of carbonyl (C=O) groups excluding carboxylic acids is 3. The highest BCUT2D eigenvalue weighted by atomic mass is 35.5. The quantitative estimate of drug-likeness (QED) is 0.708. The highest BCUT2D eigenvalue weighted by molar-refractivity contribution is 6.31. The lowest BCUT2D eigenvalue weighted by atomic mass is 10.1. The number of halogens is 1. The number of amides is 1. The van der Waals surface area contributed by atoms with Gasteiger partial charge in [-0.25, -0.2) is 9.59 Å². The molecule has 0 bridgehead atoms. The summed E-state index contributed by atoms with van der Waals surface area (Å²) in [5.41, 5.74) is 1.84. The molecule has 1 heterocycles. The Morgan fingerprint density at radius 2 is 1.57 bits per heavy atom. The van der Waals surface area contributed by atoms with Crippen molar-refractivity contribution < 1.29 is 23.9 Å². The third-order valence-corrected chi connectivity index (χ3v) is 4.37. The largest absolute Gasteiger partial charge is 0.462 e. The average Bonchev–Trinajstić information content (AvgIpc) is 2.88. The lowest BCUT2D eigenvalue weighted by Gasteiger charge is -2.11. The van der Waals surface area contributed by atoms with Crippen LogP contribution in [0.2, 0.25) is 5.02 Å². The summed E-state index contributed by atoms with van der Waals surface area (Å²) in [4.78, 5) is 36.6. The van der Waals surface area contributed by atoms with Crippen LogP contribution in [0.15, 0.2) is 18.2 Å². The van der Waals surface area contributed by atoms with E-state index in [0.717, 1.165) is 0 Å². The van der Waals surface area contributed by atoms with Crippen molar-refractivity contribution in [2.24, 2.45) is 0 Å². The molecule has 0 aliphatic heterocycles. The molecule has 0 saturated heterocycles. The molecule has 0 saturated carbocycles. The van der Waals surface area contributed by atoms with E-state index in [1.165, 1.54) is 22.9 Å². The first kappa shape index (κ1) is 21.4. The third-order valence-electron chi connectivity index (χ3n) is 3.83. The summed E-state index contributed by atoms with van der Waals surface area (Å²) in [6.07, 6.45) is 0. The van der Waals surface area contributed by atoms with Crippen molar-refractivity contribution in [3.8, 4) is 0 Å². The van der Waals surface area contributed by atoms with Crippen LogP contribution in [0.25, 0.3) is 0 Å². The van der Waals surface area contributed by atoms with Crippen LogP contribution in [-0.4, -0.2) is 40.8 Å². The first-order valence-electron chi connectivity index (χ1n) is 8.75. The predicted molar refractivity (Wildman–Crippen MR) is 104 cm³/mol. The van der Waals surface area contributed by atoms with Crippen molar-refractivity contribution in [3.63, 3.8) is 0 Å². The number of nitrogens with one attached hydrogen (secondary N) is 1. The zero-order valence-corrected chi connectivity index (χ0v) is 16.9. The van der Waals surface area contributed by atoms with Gasteiger partial charge in [0.15, 0.2) is 0 Å². The Hall–Kier alpha value is -2.87. The number of anilines is 1. The average molecular weight is 408 g/mol. The number of aromatic nitrogens is 2. The van der Waals surface area contributed by atoms with E-state index in [1.807, 2.05) is 0 Å². The van der Waals surface area contributed by atoms with Crippen LogP contribution < -0.4 is 5.32 Å². The Kier molecular flexibility index (Phi) is 7.17. The lowest BCUT2D eigenvalue weighted by Crippen LogP contribution is -2.21. The molecule has 1 N–H and O–H groups in total. The molecule has 0 radical (unpaired) electrons. The summed E-state index contributed by atoms with van der Waals surface area (Å²) >= 11 is 6.09. The molecular formula is C19H22ClN3O5. The van der Waals surface area contributed by atoms with Gasteiger partial charge in [0.1, 0.15) is 6.54 Å². The van der Waals surface area contributed by atoms with Gasteiger partial charge >= 0.3 is 11.9 Å². The highest BCUT2D eigenvalue weighted by Gasteiger charge is 2.17. The molecule has 0 spiro atoms. The fourth-order valence-corrected chi connectivity index (χ4v) is 2.67. The number of nitrogens with zero attached hydrogens (tertiary/aromatic N) is 2. The molecule has 0 fully saturated rings. The minimum Gasteiger partial charge on any atom is -0.462 e. The van der Waals surface area contributed by atoms with Gasteiger partial charge in [-0.2, -0.15) is 5.10 Å². The van der Waals surface area contributed by atoms with E-state index in [1.54, 1.807) is 27.7 Å². The van der Waals surface area contributed by atoms with Gasteiger partial charge in [-0.15, -0.1) is 0 Å². The zero-order valence-electron chi connectivity index (χ0n) is 16.2. The minimum absolute atomic E-state index is 0.0717. The van der Waals surface area contributed by atoms with Crippen LogP contribution in [0, 0.1) is 13.8 Å². The Morgan fingerprint density at radius 3 is 2.00 bits per heavy atom. The maximum Gasteiger partial charge on any atom is 0.338 e. The van der Waals surface area contributed by atoms with E-state index < -0.39 is 17.8 Å². The smallest absolute Gasteiger partial charge is 0.338 e. The monoisotopic (exact) mass is 407 g/mol. The van der Waals surface area contributed by atoms with Gasteiger partial charge in [0.25, 0.3) is 0 Å². The number of hydrogen-bond donors (Lipinski definition) is 1. The van der Waals surface area contributed by atoms with Crippen molar-refractivity contribution in [2.75, 3.05) is 18.5 Å². The van der Waals surface area contributed by atoms with Crippen molar-refractivity contribution >= 4 is 35.1 Å². The number of hydrogen-bond acceptors (Lipinski definition) is 6. The summed E-state index contributed by atoms with van der Waals surface area (Å²) in [6.45, 7) is 7.15. The molecule has 1 aromatic heterocycles. The van der Waals surface area contributed by atoms with Gasteiger partial charge in [-0.1, -0.05) is 11.6 Å². The number of benzene rings is 1.